The number of benzene rings is 2. The first-order valence-electron chi connectivity index (χ1n) is 11.2. The maximum atomic E-state index is 12.7. The molecule has 0 aromatic heterocycles. The second kappa shape index (κ2) is 10.3. The number of amidine groups is 1. The Hall–Kier alpha value is -4.61. The van der Waals surface area contributed by atoms with Gasteiger partial charge in [-0.15, -0.1) is 0 Å². The fourth-order valence-corrected chi connectivity index (χ4v) is 3.99. The Bertz CT molecular complexity index is 1210. The van der Waals surface area contributed by atoms with Crippen molar-refractivity contribution in [3.63, 3.8) is 0 Å². The first-order chi connectivity index (χ1) is 17.2. The number of aliphatic carboxylic acids is 1. The highest BCUT2D eigenvalue weighted by Gasteiger charge is 2.35. The summed E-state index contributed by atoms with van der Waals surface area (Å²) in [5.74, 6) is -3.24. The maximum absolute atomic E-state index is 12.7. The van der Waals surface area contributed by atoms with Gasteiger partial charge in [-0.3, -0.25) is 24.6 Å². The van der Waals surface area contributed by atoms with Crippen LogP contribution in [-0.4, -0.2) is 83.9 Å². The fourth-order valence-electron chi connectivity index (χ4n) is 3.99. The zero-order valence-corrected chi connectivity index (χ0v) is 19.2. The molecule has 188 valence electrons. The molecule has 1 fully saturated rings. The minimum Gasteiger partial charge on any atom is -0.481 e. The monoisotopic (exact) mass is 495 g/mol. The molecule has 36 heavy (non-hydrogen) atoms. The number of carbonyl (C=O) groups excluding carboxylic acids is 3. The van der Waals surface area contributed by atoms with Crippen molar-refractivity contribution in [3.05, 3.63) is 59.2 Å². The summed E-state index contributed by atoms with van der Waals surface area (Å²) in [6.45, 7) is 0.514. The van der Waals surface area contributed by atoms with Crippen LogP contribution in [-0.2, 0) is 14.4 Å². The summed E-state index contributed by atoms with van der Waals surface area (Å²) in [5.41, 5.74) is 6.71. The van der Waals surface area contributed by atoms with Gasteiger partial charge >= 0.3 is 17.8 Å². The SMILES string of the molecule is N=C(N)c1ccc(C(=O)NCCN2CCN(CC(C(=O)O)c3ccc4c(c3)OCO4)C(=O)C2=O)cc1. The van der Waals surface area contributed by atoms with Crippen LogP contribution in [0, 0.1) is 5.41 Å². The molecule has 0 bridgehead atoms. The predicted molar refractivity (Wildman–Crippen MR) is 126 cm³/mol. The van der Waals surface area contributed by atoms with Crippen molar-refractivity contribution in [1.82, 2.24) is 15.1 Å². The average Bonchev–Trinajstić information content (AvgIpc) is 3.34. The number of nitrogens with one attached hydrogen (secondary N) is 2. The summed E-state index contributed by atoms with van der Waals surface area (Å²) in [7, 11) is 0. The van der Waals surface area contributed by atoms with E-state index < -0.39 is 23.7 Å². The van der Waals surface area contributed by atoms with Gasteiger partial charge in [-0.2, -0.15) is 0 Å². The quantitative estimate of drug-likeness (QED) is 0.213. The molecule has 2 aromatic carbocycles. The number of piperazine rings is 1. The number of ether oxygens (including phenoxy) is 2. The molecule has 2 aliphatic heterocycles. The Morgan fingerprint density at radius 2 is 1.64 bits per heavy atom. The Kier molecular flexibility index (Phi) is 7.04. The Balaban J connectivity index is 1.31. The lowest BCUT2D eigenvalue weighted by atomic mass is 9.97. The summed E-state index contributed by atoms with van der Waals surface area (Å²) in [5, 5.41) is 19.8. The van der Waals surface area contributed by atoms with Crippen molar-refractivity contribution in [1.29, 1.82) is 5.41 Å². The molecule has 0 saturated carbocycles. The summed E-state index contributed by atoms with van der Waals surface area (Å²) >= 11 is 0. The Morgan fingerprint density at radius 3 is 2.33 bits per heavy atom. The van der Waals surface area contributed by atoms with E-state index in [0.29, 0.717) is 28.2 Å². The van der Waals surface area contributed by atoms with Crippen LogP contribution in [0.2, 0.25) is 0 Å². The van der Waals surface area contributed by atoms with Gasteiger partial charge in [0.15, 0.2) is 11.5 Å². The number of nitrogens with zero attached hydrogens (tertiary/aromatic N) is 2. The average molecular weight is 495 g/mol. The van der Waals surface area contributed by atoms with Crippen molar-refractivity contribution in [2.24, 2.45) is 5.73 Å². The minimum absolute atomic E-state index is 0.0536. The molecule has 0 radical (unpaired) electrons. The van der Waals surface area contributed by atoms with Crippen molar-refractivity contribution in [2.75, 3.05) is 39.5 Å². The number of nitrogen functional groups attached to an aromatic ring is 1. The Labute approximate surface area is 206 Å². The number of carboxylic acids is 1. The lowest BCUT2D eigenvalue weighted by molar-refractivity contribution is -0.156. The lowest BCUT2D eigenvalue weighted by Crippen LogP contribution is -2.56. The van der Waals surface area contributed by atoms with Crippen LogP contribution >= 0.6 is 0 Å². The molecule has 0 spiro atoms. The van der Waals surface area contributed by atoms with Gasteiger partial charge in [0.05, 0.1) is 5.92 Å². The van der Waals surface area contributed by atoms with Crippen LogP contribution < -0.4 is 20.5 Å². The highest BCUT2D eigenvalue weighted by molar-refractivity contribution is 6.35. The highest BCUT2D eigenvalue weighted by atomic mass is 16.7. The van der Waals surface area contributed by atoms with Gasteiger partial charge in [0.2, 0.25) is 6.79 Å². The molecule has 4 rings (SSSR count). The summed E-state index contributed by atoms with van der Waals surface area (Å²) in [4.78, 5) is 52.1. The van der Waals surface area contributed by atoms with Crippen LogP contribution in [0.1, 0.15) is 27.4 Å². The summed E-state index contributed by atoms with van der Waals surface area (Å²) < 4.78 is 10.6. The second-order valence-corrected chi connectivity index (χ2v) is 8.29. The third kappa shape index (κ3) is 5.22. The van der Waals surface area contributed by atoms with Gasteiger partial charge < -0.3 is 35.4 Å². The number of amides is 3. The third-order valence-corrected chi connectivity index (χ3v) is 6.02. The zero-order chi connectivity index (χ0) is 25.8. The molecule has 1 unspecified atom stereocenters. The number of hydrogen-bond acceptors (Lipinski definition) is 7. The molecule has 2 heterocycles. The van der Waals surface area contributed by atoms with Crippen molar-refractivity contribution >= 4 is 29.5 Å². The van der Waals surface area contributed by atoms with E-state index in [0.717, 1.165) is 0 Å². The molecular weight excluding hydrogens is 470 g/mol. The van der Waals surface area contributed by atoms with Gasteiger partial charge in [0.25, 0.3) is 5.91 Å². The number of carboxylic acid groups (broad SMARTS) is 1. The van der Waals surface area contributed by atoms with E-state index in [1.165, 1.54) is 9.80 Å². The van der Waals surface area contributed by atoms with E-state index in [4.69, 9.17) is 20.6 Å². The van der Waals surface area contributed by atoms with E-state index in [1.54, 1.807) is 42.5 Å². The second-order valence-electron chi connectivity index (χ2n) is 8.29. The van der Waals surface area contributed by atoms with Gasteiger partial charge in [-0.05, 0) is 29.8 Å². The first kappa shape index (κ1) is 24.5. The molecule has 12 heteroatoms. The normalized spacial score (nSPS) is 15.6. The van der Waals surface area contributed by atoms with E-state index in [9.17, 15) is 24.3 Å². The first-order valence-corrected chi connectivity index (χ1v) is 11.2. The van der Waals surface area contributed by atoms with Crippen LogP contribution in [0.15, 0.2) is 42.5 Å². The highest BCUT2D eigenvalue weighted by Crippen LogP contribution is 2.35. The molecule has 0 aliphatic carbocycles. The van der Waals surface area contributed by atoms with Crippen molar-refractivity contribution in [2.45, 2.75) is 5.92 Å². The lowest BCUT2D eigenvalue weighted by Gasteiger charge is -2.35. The van der Waals surface area contributed by atoms with Crippen LogP contribution in [0.3, 0.4) is 0 Å². The molecule has 2 aliphatic rings. The minimum atomic E-state index is -1.13. The summed E-state index contributed by atoms with van der Waals surface area (Å²) in [6, 6.07) is 11.0. The van der Waals surface area contributed by atoms with Crippen molar-refractivity contribution < 1.29 is 33.8 Å². The molecule has 1 atom stereocenters. The number of carbonyl (C=O) groups is 4. The van der Waals surface area contributed by atoms with E-state index in [-0.39, 0.29) is 51.3 Å². The van der Waals surface area contributed by atoms with Crippen molar-refractivity contribution in [3.8, 4) is 11.5 Å². The number of hydrogen-bond donors (Lipinski definition) is 4. The largest absolute Gasteiger partial charge is 0.481 e. The predicted octanol–water partition coefficient (Wildman–Crippen LogP) is -0.0316. The Morgan fingerprint density at radius 1 is 1.00 bits per heavy atom. The van der Waals surface area contributed by atoms with E-state index in [2.05, 4.69) is 5.32 Å². The van der Waals surface area contributed by atoms with Gasteiger partial charge in [-0.1, -0.05) is 18.2 Å². The fraction of sp³-hybridized carbons (Fsp3) is 0.292. The van der Waals surface area contributed by atoms with Crippen LogP contribution in [0.5, 0.6) is 11.5 Å². The standard InChI is InChI=1S/C24H25N5O7/c25-20(26)14-1-3-15(4-2-14)21(30)27-7-8-28-9-10-29(23(32)22(28)31)12-17(24(33)34)16-5-6-18-19(11-16)36-13-35-18/h1-6,11,17H,7-10,12-13H2,(H3,25,26)(H,27,30)(H,33,34). The molecule has 5 N–H and O–H groups in total. The number of nitrogens with two attached hydrogens (primary N) is 1. The van der Waals surface area contributed by atoms with Gasteiger partial charge in [0.1, 0.15) is 5.84 Å². The molecule has 3 amide bonds. The molecule has 1 saturated heterocycles. The van der Waals surface area contributed by atoms with Gasteiger partial charge in [0, 0.05) is 43.9 Å². The third-order valence-electron chi connectivity index (χ3n) is 6.02. The molecule has 12 nitrogen and oxygen atoms in total. The molecular formula is C24H25N5O7. The van der Waals surface area contributed by atoms with Crippen LogP contribution in [0.4, 0.5) is 0 Å². The van der Waals surface area contributed by atoms with E-state index >= 15 is 0 Å². The van der Waals surface area contributed by atoms with E-state index in [1.807, 2.05) is 0 Å². The number of fused-ring (bicyclic) bond motifs is 1. The smallest absolute Gasteiger partial charge is 0.312 e. The van der Waals surface area contributed by atoms with Gasteiger partial charge in [-0.25, -0.2) is 0 Å². The summed E-state index contributed by atoms with van der Waals surface area (Å²) in [6.07, 6.45) is 0. The maximum Gasteiger partial charge on any atom is 0.312 e. The topological polar surface area (TPSA) is 175 Å². The molecule has 2 aromatic rings. The number of rotatable bonds is 9. The zero-order valence-electron chi connectivity index (χ0n) is 19.2. The van der Waals surface area contributed by atoms with Crippen LogP contribution in [0.25, 0.3) is 0 Å².